The zero-order chi connectivity index (χ0) is 11.6. The lowest BCUT2D eigenvalue weighted by Gasteiger charge is -2.18. The quantitative estimate of drug-likeness (QED) is 0.803. The van der Waals surface area contributed by atoms with Crippen LogP contribution in [0.4, 0.5) is 8.78 Å². The molecule has 84 valence electrons. The van der Waals surface area contributed by atoms with Crippen molar-refractivity contribution < 1.29 is 18.6 Å². The summed E-state index contributed by atoms with van der Waals surface area (Å²) in [6, 6.07) is 1.06. The van der Waals surface area contributed by atoms with Crippen molar-refractivity contribution in [1.82, 2.24) is 0 Å². The van der Waals surface area contributed by atoms with E-state index in [1.165, 1.54) is 14.0 Å². The summed E-state index contributed by atoms with van der Waals surface area (Å²) in [6.45, 7) is 1.53. The van der Waals surface area contributed by atoms with Gasteiger partial charge >= 0.3 is 0 Å². The molecule has 2 atom stereocenters. The zero-order valence-corrected chi connectivity index (χ0v) is 8.50. The molecule has 0 heterocycles. The highest BCUT2D eigenvalue weighted by molar-refractivity contribution is 5.37. The molecule has 0 radical (unpaired) electrons. The molecular formula is C10H13F2NO2. The number of ether oxygens (including phenoxy) is 1. The van der Waals surface area contributed by atoms with Crippen molar-refractivity contribution in [1.29, 1.82) is 0 Å². The lowest BCUT2D eigenvalue weighted by Crippen LogP contribution is -2.25. The number of halogens is 2. The first-order valence-electron chi connectivity index (χ1n) is 4.44. The van der Waals surface area contributed by atoms with E-state index >= 15 is 0 Å². The summed E-state index contributed by atoms with van der Waals surface area (Å²) in [5.41, 5.74) is 5.46. The van der Waals surface area contributed by atoms with Crippen LogP contribution in [0.1, 0.15) is 18.6 Å². The predicted octanol–water partition coefficient (Wildman–Crippen LogP) is 1.35. The molecule has 1 aromatic carbocycles. The molecule has 0 aliphatic heterocycles. The molecule has 0 amide bonds. The Morgan fingerprint density at radius 1 is 1.40 bits per heavy atom. The molecule has 0 fully saturated rings. The van der Waals surface area contributed by atoms with Crippen molar-refractivity contribution >= 4 is 0 Å². The van der Waals surface area contributed by atoms with Gasteiger partial charge in [0.25, 0.3) is 0 Å². The first-order valence-corrected chi connectivity index (χ1v) is 4.44. The molecule has 0 saturated carbocycles. The number of methoxy groups -OCH3 is 1. The van der Waals surface area contributed by atoms with Crippen LogP contribution in [0.3, 0.4) is 0 Å². The standard InChI is InChI=1S/C10H13F2NO2/c1-5(13)9(14)7-3-6(11)4-8(12)10(7)15-2/h3-5,9,14H,13H2,1-2H3/t5-,9-/m0/s1. The van der Waals surface area contributed by atoms with Crippen molar-refractivity contribution in [3.05, 3.63) is 29.3 Å². The molecule has 15 heavy (non-hydrogen) atoms. The smallest absolute Gasteiger partial charge is 0.168 e. The van der Waals surface area contributed by atoms with Gasteiger partial charge in [-0.15, -0.1) is 0 Å². The average molecular weight is 217 g/mol. The number of aliphatic hydroxyl groups is 1. The van der Waals surface area contributed by atoms with E-state index in [9.17, 15) is 13.9 Å². The van der Waals surface area contributed by atoms with E-state index in [0.29, 0.717) is 6.07 Å². The second-order valence-corrected chi connectivity index (χ2v) is 3.31. The summed E-state index contributed by atoms with van der Waals surface area (Å²) in [6.07, 6.45) is -1.16. The van der Waals surface area contributed by atoms with E-state index in [2.05, 4.69) is 0 Å². The first-order chi connectivity index (χ1) is 6.97. The third-order valence-corrected chi connectivity index (χ3v) is 2.06. The number of hydrogen-bond acceptors (Lipinski definition) is 3. The Bertz CT molecular complexity index is 356. The Hall–Kier alpha value is -1.20. The summed E-state index contributed by atoms with van der Waals surface area (Å²) >= 11 is 0. The fraction of sp³-hybridized carbons (Fsp3) is 0.400. The maximum atomic E-state index is 13.2. The molecular weight excluding hydrogens is 204 g/mol. The van der Waals surface area contributed by atoms with E-state index in [1.54, 1.807) is 0 Å². The molecule has 0 unspecified atom stereocenters. The Labute approximate surface area is 86.5 Å². The maximum absolute atomic E-state index is 13.2. The molecule has 0 saturated heterocycles. The van der Waals surface area contributed by atoms with E-state index < -0.39 is 23.8 Å². The molecule has 0 aliphatic rings. The van der Waals surface area contributed by atoms with Gasteiger partial charge in [-0.05, 0) is 13.0 Å². The summed E-state index contributed by atoms with van der Waals surface area (Å²) in [7, 11) is 1.24. The van der Waals surface area contributed by atoms with Gasteiger partial charge in [-0.3, -0.25) is 0 Å². The number of aliphatic hydroxyl groups excluding tert-OH is 1. The minimum atomic E-state index is -1.16. The molecule has 1 aromatic rings. The third-order valence-electron chi connectivity index (χ3n) is 2.06. The second kappa shape index (κ2) is 4.55. The van der Waals surface area contributed by atoms with E-state index in [1.807, 2.05) is 0 Å². The normalized spacial score (nSPS) is 14.8. The fourth-order valence-corrected chi connectivity index (χ4v) is 1.30. The van der Waals surface area contributed by atoms with Gasteiger partial charge in [-0.2, -0.15) is 0 Å². The van der Waals surface area contributed by atoms with Crippen LogP contribution in [-0.4, -0.2) is 18.3 Å². The SMILES string of the molecule is COc1c(F)cc(F)cc1[C@@H](O)[C@H](C)N. The van der Waals surface area contributed by atoms with Crippen molar-refractivity contribution in [3.8, 4) is 5.75 Å². The first kappa shape index (κ1) is 11.9. The molecule has 3 N–H and O–H groups in total. The minimum Gasteiger partial charge on any atom is -0.493 e. The summed E-state index contributed by atoms with van der Waals surface area (Å²) in [5.74, 6) is -1.81. The van der Waals surface area contributed by atoms with E-state index in [4.69, 9.17) is 10.5 Å². The van der Waals surface area contributed by atoms with Crippen molar-refractivity contribution in [3.63, 3.8) is 0 Å². The molecule has 3 nitrogen and oxygen atoms in total. The Balaban J connectivity index is 3.26. The third kappa shape index (κ3) is 2.43. The summed E-state index contributed by atoms with van der Waals surface area (Å²) in [4.78, 5) is 0. The van der Waals surface area contributed by atoms with Crippen LogP contribution in [0.25, 0.3) is 0 Å². The van der Waals surface area contributed by atoms with Gasteiger partial charge in [0.15, 0.2) is 11.6 Å². The van der Waals surface area contributed by atoms with E-state index in [-0.39, 0.29) is 11.3 Å². The van der Waals surface area contributed by atoms with Gasteiger partial charge in [0.05, 0.1) is 13.2 Å². The van der Waals surface area contributed by atoms with Crippen LogP contribution in [0.5, 0.6) is 5.75 Å². The maximum Gasteiger partial charge on any atom is 0.168 e. The van der Waals surface area contributed by atoms with Gasteiger partial charge in [0, 0.05) is 17.7 Å². The number of hydrogen-bond donors (Lipinski definition) is 2. The summed E-state index contributed by atoms with van der Waals surface area (Å²) in [5, 5.41) is 9.62. The monoisotopic (exact) mass is 217 g/mol. The Morgan fingerprint density at radius 2 is 2.00 bits per heavy atom. The van der Waals surface area contributed by atoms with Crippen LogP contribution < -0.4 is 10.5 Å². The fourth-order valence-electron chi connectivity index (χ4n) is 1.30. The van der Waals surface area contributed by atoms with Crippen LogP contribution >= 0.6 is 0 Å². The van der Waals surface area contributed by atoms with Gasteiger partial charge in [-0.1, -0.05) is 0 Å². The zero-order valence-electron chi connectivity index (χ0n) is 8.50. The number of rotatable bonds is 3. The Kier molecular flexibility index (Phi) is 3.60. The molecule has 1 rings (SSSR count). The molecule has 0 bridgehead atoms. The van der Waals surface area contributed by atoms with Crippen molar-refractivity contribution in [2.24, 2.45) is 5.73 Å². The van der Waals surface area contributed by atoms with E-state index in [0.717, 1.165) is 6.07 Å². The second-order valence-electron chi connectivity index (χ2n) is 3.31. The van der Waals surface area contributed by atoms with Gasteiger partial charge < -0.3 is 15.6 Å². The lowest BCUT2D eigenvalue weighted by atomic mass is 10.0. The van der Waals surface area contributed by atoms with Gasteiger partial charge in [0.1, 0.15) is 5.82 Å². The van der Waals surface area contributed by atoms with Crippen molar-refractivity contribution in [2.45, 2.75) is 19.1 Å². The molecule has 0 aromatic heterocycles. The van der Waals surface area contributed by atoms with Crippen molar-refractivity contribution in [2.75, 3.05) is 7.11 Å². The molecule has 0 spiro atoms. The topological polar surface area (TPSA) is 55.5 Å². The van der Waals surface area contributed by atoms with Crippen LogP contribution in [-0.2, 0) is 0 Å². The Morgan fingerprint density at radius 3 is 2.47 bits per heavy atom. The largest absolute Gasteiger partial charge is 0.493 e. The average Bonchev–Trinajstić information content (AvgIpc) is 2.15. The predicted molar refractivity (Wildman–Crippen MR) is 51.5 cm³/mol. The van der Waals surface area contributed by atoms with Crippen LogP contribution in [0.15, 0.2) is 12.1 Å². The highest BCUT2D eigenvalue weighted by Gasteiger charge is 2.21. The summed E-state index contributed by atoms with van der Waals surface area (Å²) < 4.78 is 30.9. The number of benzene rings is 1. The highest BCUT2D eigenvalue weighted by atomic mass is 19.1. The molecule has 0 aliphatic carbocycles. The van der Waals surface area contributed by atoms with Crippen LogP contribution in [0, 0.1) is 11.6 Å². The highest BCUT2D eigenvalue weighted by Crippen LogP contribution is 2.30. The molecule has 5 heteroatoms. The van der Waals surface area contributed by atoms with Gasteiger partial charge in [-0.25, -0.2) is 8.78 Å². The number of nitrogens with two attached hydrogens (primary N) is 1. The lowest BCUT2D eigenvalue weighted by molar-refractivity contribution is 0.148. The van der Waals surface area contributed by atoms with Crippen LogP contribution in [0.2, 0.25) is 0 Å². The van der Waals surface area contributed by atoms with Gasteiger partial charge in [0.2, 0.25) is 0 Å². The minimum absolute atomic E-state index is 0.0185.